The van der Waals surface area contributed by atoms with Gasteiger partial charge in [0.1, 0.15) is 0 Å². The third-order valence-corrected chi connectivity index (χ3v) is 12.8. The minimum absolute atomic E-state index is 0.125. The van der Waals surface area contributed by atoms with Gasteiger partial charge in [0.05, 0.1) is 17.1 Å². The van der Waals surface area contributed by atoms with Gasteiger partial charge < -0.3 is 9.47 Å². The summed E-state index contributed by atoms with van der Waals surface area (Å²) in [5.41, 5.74) is 23.2. The van der Waals surface area contributed by atoms with Crippen molar-refractivity contribution in [3.8, 4) is 16.8 Å². The monoisotopic (exact) mass is 716 g/mol. The van der Waals surface area contributed by atoms with Gasteiger partial charge in [-0.2, -0.15) is 0 Å². The maximum Gasteiger partial charge on any atom is 0.0563 e. The molecule has 2 nitrogen and oxygen atoms in total. The second kappa shape index (κ2) is 12.4. The molecule has 0 saturated heterocycles. The molecule has 6 aromatic carbocycles. The van der Waals surface area contributed by atoms with E-state index in [1.165, 1.54) is 106 Å². The maximum atomic E-state index is 2.72. The highest BCUT2D eigenvalue weighted by molar-refractivity contribution is 6.13. The molecule has 6 bridgehead atoms. The second-order valence-electron chi connectivity index (χ2n) is 15.7. The predicted octanol–water partition coefficient (Wildman–Crippen LogP) is 13.8. The van der Waals surface area contributed by atoms with Gasteiger partial charge in [-0.15, -0.1) is 0 Å². The third-order valence-electron chi connectivity index (χ3n) is 12.8. The Hall–Kier alpha value is -6.64. The smallest absolute Gasteiger partial charge is 0.0563 e. The lowest BCUT2D eigenvalue weighted by molar-refractivity contribution is 0.711. The zero-order valence-electron chi connectivity index (χ0n) is 31.3. The first-order chi connectivity index (χ1) is 27.8. The molecule has 12 rings (SSSR count). The highest BCUT2D eigenvalue weighted by Gasteiger charge is 2.38. The molecule has 1 heterocycles. The summed E-state index contributed by atoms with van der Waals surface area (Å²) in [6, 6.07) is 54.3. The summed E-state index contributed by atoms with van der Waals surface area (Å²) in [7, 11) is 0. The van der Waals surface area contributed by atoms with Crippen molar-refractivity contribution in [3.63, 3.8) is 0 Å². The van der Waals surface area contributed by atoms with E-state index in [2.05, 4.69) is 185 Å². The van der Waals surface area contributed by atoms with E-state index in [4.69, 9.17) is 0 Å². The van der Waals surface area contributed by atoms with Crippen LogP contribution < -0.4 is 4.90 Å². The zero-order valence-corrected chi connectivity index (χ0v) is 31.3. The highest BCUT2D eigenvalue weighted by Crippen LogP contribution is 2.57. The quantitative estimate of drug-likeness (QED) is 0.172. The van der Waals surface area contributed by atoms with Crippen LogP contribution in [-0.2, 0) is 0 Å². The van der Waals surface area contributed by atoms with Crippen LogP contribution in [0.2, 0.25) is 0 Å². The van der Waals surface area contributed by atoms with Crippen LogP contribution in [0.4, 0.5) is 5.69 Å². The molecule has 266 valence electrons. The molecule has 1 unspecified atom stereocenters. The van der Waals surface area contributed by atoms with E-state index >= 15 is 0 Å². The molecular formula is C54H40N2. The van der Waals surface area contributed by atoms with E-state index in [1.54, 1.807) is 0 Å². The Kier molecular flexibility index (Phi) is 7.04. The van der Waals surface area contributed by atoms with Crippen LogP contribution in [0.15, 0.2) is 193 Å². The Bertz CT molecular complexity index is 2980. The Labute approximate surface area is 328 Å². The lowest BCUT2D eigenvalue weighted by Gasteiger charge is -2.39. The molecule has 0 spiro atoms. The number of allylic oxidation sites excluding steroid dienone is 10. The summed E-state index contributed by atoms with van der Waals surface area (Å²) >= 11 is 0. The lowest BCUT2D eigenvalue weighted by Crippen LogP contribution is -2.36. The molecule has 5 aliphatic carbocycles. The lowest BCUT2D eigenvalue weighted by atomic mass is 9.76. The van der Waals surface area contributed by atoms with Crippen molar-refractivity contribution in [1.82, 2.24) is 4.57 Å². The van der Waals surface area contributed by atoms with Crippen molar-refractivity contribution < 1.29 is 0 Å². The summed E-state index contributed by atoms with van der Waals surface area (Å²) in [6.45, 7) is 0. The first-order valence-corrected chi connectivity index (χ1v) is 20.2. The van der Waals surface area contributed by atoms with Gasteiger partial charge in [0.15, 0.2) is 0 Å². The summed E-state index contributed by atoms with van der Waals surface area (Å²) < 4.78 is 2.42. The van der Waals surface area contributed by atoms with E-state index in [1.807, 2.05) is 0 Å². The van der Waals surface area contributed by atoms with Gasteiger partial charge >= 0.3 is 0 Å². The van der Waals surface area contributed by atoms with Gasteiger partial charge in [0.2, 0.25) is 0 Å². The molecule has 56 heavy (non-hydrogen) atoms. The number of nitrogens with zero attached hydrogens (tertiary/aromatic N) is 2. The fourth-order valence-electron chi connectivity index (χ4n) is 10.5. The fourth-order valence-corrected chi connectivity index (χ4v) is 10.5. The number of rotatable bonds is 5. The largest absolute Gasteiger partial charge is 0.337 e. The Balaban J connectivity index is 1.08. The van der Waals surface area contributed by atoms with E-state index < -0.39 is 0 Å². The van der Waals surface area contributed by atoms with Gasteiger partial charge in [-0.3, -0.25) is 0 Å². The number of hydrogen-bond acceptors (Lipinski definition) is 1. The van der Waals surface area contributed by atoms with Crippen LogP contribution in [0.1, 0.15) is 54.4 Å². The van der Waals surface area contributed by atoms with Gasteiger partial charge in [0, 0.05) is 33.4 Å². The molecular weight excluding hydrogens is 677 g/mol. The summed E-state index contributed by atoms with van der Waals surface area (Å²) in [5, 5.41) is 2.56. The van der Waals surface area contributed by atoms with E-state index in [0.717, 1.165) is 32.1 Å². The number of para-hydroxylation sites is 2. The molecule has 0 amide bonds. The maximum absolute atomic E-state index is 2.72. The number of hydrogen-bond donors (Lipinski definition) is 0. The standard InChI is InChI=1S/C54H40N2/c1-3-15-35(16-4-1)39-19-9-11-27-50(39)55(38-30-32-52-48(33-38)42-21-10-12-28-51(42)56(52)36-17-5-2-6-18-36)37-29-31-41-45-24-14-25-46-47-26-13-23-44(54(47)49(41)34-37)40-20-7-8-22-43(40)53(45)46/h1-10,12,14-22,24-26,28-33,37H,11,13,23,27,34H2. The van der Waals surface area contributed by atoms with Crippen molar-refractivity contribution in [2.45, 2.75) is 38.1 Å². The van der Waals surface area contributed by atoms with Crippen LogP contribution in [-0.4, -0.2) is 10.6 Å². The van der Waals surface area contributed by atoms with Crippen molar-refractivity contribution in [1.29, 1.82) is 0 Å². The van der Waals surface area contributed by atoms with Crippen LogP contribution in [0.5, 0.6) is 0 Å². The van der Waals surface area contributed by atoms with E-state index in [0.29, 0.717) is 0 Å². The molecule has 7 aromatic rings. The molecule has 2 heteroatoms. The van der Waals surface area contributed by atoms with Crippen molar-refractivity contribution in [3.05, 3.63) is 215 Å². The molecule has 0 fully saturated rings. The Morgan fingerprint density at radius 3 is 2.20 bits per heavy atom. The summed E-state index contributed by atoms with van der Waals surface area (Å²) in [5.74, 6) is 0. The SMILES string of the molecule is C1=CC(c2ccccc2)=C(N(c2ccc3c(c2)c2ccccc2n3-c2ccccc2)C2C=CC3=C(C2)C2=C4CCC=C2c2cccc3c2-c2ccccc24)CC1. The summed E-state index contributed by atoms with van der Waals surface area (Å²) in [6.07, 6.45) is 17.4. The fraction of sp³-hybridized carbons (Fsp3) is 0.111. The average Bonchev–Trinajstić information content (AvgIpc) is 3.54. The molecule has 5 aliphatic rings. The number of aromatic nitrogens is 1. The van der Waals surface area contributed by atoms with Gasteiger partial charge in [-0.25, -0.2) is 0 Å². The van der Waals surface area contributed by atoms with Crippen molar-refractivity contribution in [2.75, 3.05) is 4.90 Å². The molecule has 0 radical (unpaired) electrons. The Morgan fingerprint density at radius 1 is 0.554 bits per heavy atom. The molecule has 0 N–H and O–H groups in total. The van der Waals surface area contributed by atoms with Gasteiger partial charge in [0.25, 0.3) is 0 Å². The minimum Gasteiger partial charge on any atom is -0.337 e. The number of benzene rings is 6. The van der Waals surface area contributed by atoms with E-state index in [9.17, 15) is 0 Å². The third kappa shape index (κ3) is 4.62. The minimum atomic E-state index is 0.125. The molecule has 0 aliphatic heterocycles. The Morgan fingerprint density at radius 2 is 1.30 bits per heavy atom. The molecule has 1 aromatic heterocycles. The zero-order chi connectivity index (χ0) is 36.7. The first kappa shape index (κ1) is 31.7. The van der Waals surface area contributed by atoms with Crippen molar-refractivity contribution in [2.24, 2.45) is 0 Å². The topological polar surface area (TPSA) is 8.17 Å². The molecule has 0 saturated carbocycles. The average molecular weight is 717 g/mol. The molecule has 1 atom stereocenters. The van der Waals surface area contributed by atoms with Crippen LogP contribution in [0, 0.1) is 0 Å². The van der Waals surface area contributed by atoms with Crippen LogP contribution >= 0.6 is 0 Å². The van der Waals surface area contributed by atoms with Crippen molar-refractivity contribution >= 4 is 49.8 Å². The van der Waals surface area contributed by atoms with Gasteiger partial charge in [-0.1, -0.05) is 140 Å². The first-order valence-electron chi connectivity index (χ1n) is 20.2. The highest BCUT2D eigenvalue weighted by atomic mass is 15.2. The van der Waals surface area contributed by atoms with E-state index in [-0.39, 0.29) is 6.04 Å². The van der Waals surface area contributed by atoms with Crippen LogP contribution in [0.25, 0.3) is 60.9 Å². The summed E-state index contributed by atoms with van der Waals surface area (Å²) in [4.78, 5) is 2.72. The number of anilines is 1. The number of fused-ring (bicyclic) bond motifs is 6. The van der Waals surface area contributed by atoms with Gasteiger partial charge in [-0.05, 0) is 130 Å². The second-order valence-corrected chi connectivity index (χ2v) is 15.7. The van der Waals surface area contributed by atoms with Crippen LogP contribution in [0.3, 0.4) is 0 Å². The normalized spacial score (nSPS) is 17.9. The predicted molar refractivity (Wildman–Crippen MR) is 235 cm³/mol.